The number of anilines is 2. The third-order valence-electron chi connectivity index (χ3n) is 4.89. The van der Waals surface area contributed by atoms with E-state index < -0.39 is 5.56 Å². The van der Waals surface area contributed by atoms with E-state index in [2.05, 4.69) is 5.10 Å². The minimum Gasteiger partial charge on any atom is -0.394 e. The average molecular weight is 413 g/mol. The smallest absolute Gasteiger partial charge is 0.290 e. The van der Waals surface area contributed by atoms with Crippen molar-refractivity contribution < 1.29 is 9.18 Å². The number of piperazine rings is 1. The molecule has 0 saturated carbocycles. The lowest BCUT2D eigenvalue weighted by Crippen LogP contribution is -2.50. The molecule has 9 heteroatoms. The first-order valence-electron chi connectivity index (χ1n) is 9.21. The van der Waals surface area contributed by atoms with E-state index >= 15 is 0 Å². The molecule has 3 aromatic rings. The van der Waals surface area contributed by atoms with Crippen LogP contribution in [0.2, 0.25) is 0 Å². The van der Waals surface area contributed by atoms with Crippen LogP contribution in [-0.2, 0) is 11.3 Å². The number of halogens is 1. The van der Waals surface area contributed by atoms with Crippen molar-refractivity contribution in [3.63, 3.8) is 0 Å². The van der Waals surface area contributed by atoms with Gasteiger partial charge in [-0.3, -0.25) is 9.59 Å². The number of carbonyl (C=O) groups is 1. The van der Waals surface area contributed by atoms with Crippen LogP contribution in [0, 0.1) is 5.82 Å². The van der Waals surface area contributed by atoms with Crippen molar-refractivity contribution in [3.05, 3.63) is 64.0 Å². The lowest BCUT2D eigenvalue weighted by Gasteiger charge is -2.36. The van der Waals surface area contributed by atoms with E-state index in [1.807, 2.05) is 22.4 Å². The van der Waals surface area contributed by atoms with Crippen LogP contribution < -0.4 is 16.2 Å². The summed E-state index contributed by atoms with van der Waals surface area (Å²) in [5.74, 6) is -0.487. The summed E-state index contributed by atoms with van der Waals surface area (Å²) in [5.41, 5.74) is 6.52. The fraction of sp³-hybridized carbons (Fsp3) is 0.250. The van der Waals surface area contributed by atoms with Crippen molar-refractivity contribution in [1.29, 1.82) is 0 Å². The number of para-hydroxylation sites is 1. The Kier molecular flexibility index (Phi) is 5.30. The van der Waals surface area contributed by atoms with Gasteiger partial charge in [0.2, 0.25) is 5.91 Å². The van der Waals surface area contributed by atoms with Gasteiger partial charge in [-0.25, -0.2) is 9.07 Å². The number of benzene rings is 1. The molecule has 3 heterocycles. The molecule has 0 aliphatic carbocycles. The maximum absolute atomic E-state index is 14.0. The van der Waals surface area contributed by atoms with Gasteiger partial charge < -0.3 is 15.5 Å². The van der Waals surface area contributed by atoms with Crippen molar-refractivity contribution in [3.8, 4) is 10.6 Å². The van der Waals surface area contributed by atoms with Gasteiger partial charge in [0, 0.05) is 26.2 Å². The fourth-order valence-electron chi connectivity index (χ4n) is 3.35. The fourth-order valence-corrected chi connectivity index (χ4v) is 4.03. The number of rotatable bonds is 4. The summed E-state index contributed by atoms with van der Waals surface area (Å²) in [5, 5.41) is 6.22. The highest BCUT2D eigenvalue weighted by Crippen LogP contribution is 2.23. The van der Waals surface area contributed by atoms with Crippen molar-refractivity contribution >= 4 is 28.6 Å². The van der Waals surface area contributed by atoms with E-state index in [1.165, 1.54) is 23.5 Å². The lowest BCUT2D eigenvalue weighted by atomic mass is 10.2. The quantitative estimate of drug-likeness (QED) is 0.708. The maximum Gasteiger partial charge on any atom is 0.290 e. The van der Waals surface area contributed by atoms with E-state index in [1.54, 1.807) is 23.1 Å². The maximum atomic E-state index is 14.0. The van der Waals surface area contributed by atoms with Crippen LogP contribution in [0.3, 0.4) is 0 Å². The second-order valence-corrected chi connectivity index (χ2v) is 7.69. The summed E-state index contributed by atoms with van der Waals surface area (Å²) in [4.78, 5) is 29.5. The van der Waals surface area contributed by atoms with Gasteiger partial charge in [-0.1, -0.05) is 18.2 Å². The number of nitrogen functional groups attached to an aromatic ring is 1. The summed E-state index contributed by atoms with van der Waals surface area (Å²) >= 11 is 1.48. The third-order valence-corrected chi connectivity index (χ3v) is 5.78. The molecule has 2 aromatic heterocycles. The summed E-state index contributed by atoms with van der Waals surface area (Å²) in [7, 11) is 0. The van der Waals surface area contributed by atoms with Gasteiger partial charge in [-0.05, 0) is 29.6 Å². The largest absolute Gasteiger partial charge is 0.394 e. The molecule has 1 aliphatic rings. The highest BCUT2D eigenvalue weighted by molar-refractivity contribution is 7.13. The number of nitrogens with zero attached hydrogens (tertiary/aromatic N) is 4. The summed E-state index contributed by atoms with van der Waals surface area (Å²) < 4.78 is 15.1. The van der Waals surface area contributed by atoms with Crippen molar-refractivity contribution in [1.82, 2.24) is 14.7 Å². The zero-order valence-corrected chi connectivity index (χ0v) is 16.4. The van der Waals surface area contributed by atoms with Crippen LogP contribution in [0.25, 0.3) is 10.6 Å². The van der Waals surface area contributed by atoms with E-state index in [4.69, 9.17) is 5.73 Å². The Bertz CT molecular complexity index is 1070. The molecular weight excluding hydrogens is 393 g/mol. The van der Waals surface area contributed by atoms with Gasteiger partial charge in [0.1, 0.15) is 23.7 Å². The van der Waals surface area contributed by atoms with E-state index in [0.29, 0.717) is 37.6 Å². The molecule has 0 spiro atoms. The Morgan fingerprint density at radius 2 is 1.90 bits per heavy atom. The molecule has 0 atom stereocenters. The molecule has 1 fully saturated rings. The van der Waals surface area contributed by atoms with Crippen LogP contribution in [0.4, 0.5) is 15.8 Å². The van der Waals surface area contributed by atoms with Crippen LogP contribution in [0.15, 0.2) is 52.6 Å². The van der Waals surface area contributed by atoms with Crippen molar-refractivity contribution in [2.24, 2.45) is 0 Å². The normalized spacial score (nSPS) is 14.2. The monoisotopic (exact) mass is 413 g/mol. The average Bonchev–Trinajstić information content (AvgIpc) is 3.27. The minimum absolute atomic E-state index is 0.0561. The van der Waals surface area contributed by atoms with Crippen LogP contribution in [-0.4, -0.2) is 46.8 Å². The number of amides is 1. The Morgan fingerprint density at radius 1 is 1.14 bits per heavy atom. The Labute approximate surface area is 170 Å². The molecule has 2 N–H and O–H groups in total. The molecule has 7 nitrogen and oxygen atoms in total. The number of carbonyl (C=O) groups excluding carboxylic acids is 1. The Morgan fingerprint density at radius 3 is 2.59 bits per heavy atom. The Balaban J connectivity index is 1.45. The SMILES string of the molecule is Nc1cc(-c2cccs2)nn(CC(=O)N2CCN(c3ccccc3F)CC2)c1=O. The van der Waals surface area contributed by atoms with Gasteiger partial charge in [-0.2, -0.15) is 5.10 Å². The predicted molar refractivity (Wildman–Crippen MR) is 111 cm³/mol. The second-order valence-electron chi connectivity index (χ2n) is 6.74. The van der Waals surface area contributed by atoms with Crippen LogP contribution in [0.5, 0.6) is 0 Å². The molecule has 1 amide bonds. The van der Waals surface area contributed by atoms with Crippen LogP contribution >= 0.6 is 11.3 Å². The van der Waals surface area contributed by atoms with Gasteiger partial charge in [-0.15, -0.1) is 11.3 Å². The van der Waals surface area contributed by atoms with Gasteiger partial charge in [0.05, 0.1) is 10.6 Å². The number of thiophene rings is 1. The van der Waals surface area contributed by atoms with Gasteiger partial charge >= 0.3 is 0 Å². The topological polar surface area (TPSA) is 84.5 Å². The molecule has 1 saturated heterocycles. The highest BCUT2D eigenvalue weighted by atomic mass is 32.1. The minimum atomic E-state index is -0.483. The summed E-state index contributed by atoms with van der Waals surface area (Å²) in [6, 6.07) is 11.9. The molecule has 0 unspecified atom stereocenters. The van der Waals surface area contributed by atoms with Crippen molar-refractivity contribution in [2.75, 3.05) is 36.8 Å². The number of hydrogen-bond donors (Lipinski definition) is 1. The number of aromatic nitrogens is 2. The third kappa shape index (κ3) is 4.00. The molecule has 4 rings (SSSR count). The number of hydrogen-bond acceptors (Lipinski definition) is 6. The predicted octanol–water partition coefficient (Wildman–Crippen LogP) is 2.04. The standard InChI is InChI=1S/C20H20FN5O2S/c21-14-4-1-2-5-17(14)24-7-9-25(10-8-24)19(27)13-26-20(28)15(22)12-16(23-26)18-6-3-11-29-18/h1-6,11-12H,7-10,13,22H2. The molecule has 29 heavy (non-hydrogen) atoms. The molecule has 150 valence electrons. The van der Waals surface area contributed by atoms with Crippen LogP contribution in [0.1, 0.15) is 0 Å². The van der Waals surface area contributed by atoms with Gasteiger partial charge in [0.15, 0.2) is 0 Å². The molecule has 0 bridgehead atoms. The first-order chi connectivity index (χ1) is 14.0. The number of nitrogens with two attached hydrogens (primary N) is 1. The molecule has 1 aliphatic heterocycles. The van der Waals surface area contributed by atoms with E-state index in [0.717, 1.165) is 9.56 Å². The second kappa shape index (κ2) is 8.04. The highest BCUT2D eigenvalue weighted by Gasteiger charge is 2.23. The van der Waals surface area contributed by atoms with E-state index in [-0.39, 0.29) is 24.0 Å². The first kappa shape index (κ1) is 19.1. The summed E-state index contributed by atoms with van der Waals surface area (Å²) in [6.07, 6.45) is 0. The molecular formula is C20H20FN5O2S. The van der Waals surface area contributed by atoms with Gasteiger partial charge in [0.25, 0.3) is 5.56 Å². The first-order valence-corrected chi connectivity index (χ1v) is 10.1. The van der Waals surface area contributed by atoms with Crippen molar-refractivity contribution in [2.45, 2.75) is 6.54 Å². The Hall–Kier alpha value is -3.20. The molecule has 0 radical (unpaired) electrons. The zero-order valence-electron chi connectivity index (χ0n) is 15.6. The molecule has 1 aromatic carbocycles. The lowest BCUT2D eigenvalue weighted by molar-refractivity contribution is -0.132. The van der Waals surface area contributed by atoms with E-state index in [9.17, 15) is 14.0 Å². The zero-order chi connectivity index (χ0) is 20.4. The summed E-state index contributed by atoms with van der Waals surface area (Å²) in [6.45, 7) is 1.75.